The van der Waals surface area contributed by atoms with Crippen molar-refractivity contribution in [2.45, 2.75) is 19.0 Å². The average Bonchev–Trinajstić information content (AvgIpc) is 3.52. The Kier molecular flexibility index (Phi) is 10.1. The van der Waals surface area contributed by atoms with Crippen LogP contribution in [0.3, 0.4) is 0 Å². The zero-order valence-electron chi connectivity index (χ0n) is 22.6. The van der Waals surface area contributed by atoms with Crippen molar-refractivity contribution in [2.75, 3.05) is 31.3 Å². The first-order valence-electron chi connectivity index (χ1n) is 13.0. The lowest BCUT2D eigenvalue weighted by Gasteiger charge is -2.29. The van der Waals surface area contributed by atoms with Gasteiger partial charge in [-0.25, -0.2) is 4.79 Å². The standard InChI is InChI=1S/C31H32N4O5S/c1-40-16-15-33-30(37)27(35(31(38)39)20-22-6-3-2-4-7-22)18-21-9-11-23(12-10-21)29(36)34-26-19-24(13-14-25(26)32)28-8-5-17-41-28/h2-14,17,19,27H,15-16,18,20,32H2,1H3,(H,33,37)(H,34,36)(H,38,39)/t27-/m0/s1. The first-order chi connectivity index (χ1) is 19.9. The van der Waals surface area contributed by atoms with Crippen LogP contribution in [0, 0.1) is 0 Å². The van der Waals surface area contributed by atoms with Crippen molar-refractivity contribution in [3.8, 4) is 10.4 Å². The van der Waals surface area contributed by atoms with Gasteiger partial charge in [-0.05, 0) is 52.4 Å². The fourth-order valence-electron chi connectivity index (χ4n) is 4.30. The molecule has 0 saturated carbocycles. The highest BCUT2D eigenvalue weighted by molar-refractivity contribution is 7.13. The number of benzene rings is 3. The summed E-state index contributed by atoms with van der Waals surface area (Å²) in [6.07, 6.45) is -1.09. The Bertz CT molecular complexity index is 1460. The first-order valence-corrected chi connectivity index (χ1v) is 13.9. The van der Waals surface area contributed by atoms with Gasteiger partial charge in [0.05, 0.1) is 18.0 Å². The van der Waals surface area contributed by atoms with Gasteiger partial charge in [0.15, 0.2) is 0 Å². The van der Waals surface area contributed by atoms with Gasteiger partial charge >= 0.3 is 6.09 Å². The Labute approximate surface area is 242 Å². The molecular formula is C31H32N4O5S. The van der Waals surface area contributed by atoms with Crippen LogP contribution in [0.25, 0.3) is 10.4 Å². The van der Waals surface area contributed by atoms with Crippen LogP contribution >= 0.6 is 11.3 Å². The van der Waals surface area contributed by atoms with E-state index in [4.69, 9.17) is 10.5 Å². The Morgan fingerprint density at radius 3 is 2.39 bits per heavy atom. The number of methoxy groups -OCH3 is 1. The average molecular weight is 573 g/mol. The second kappa shape index (κ2) is 14.1. The minimum absolute atomic E-state index is 0.0466. The number of carboxylic acid groups (broad SMARTS) is 1. The number of carbonyl (C=O) groups is 3. The number of nitrogens with two attached hydrogens (primary N) is 1. The lowest BCUT2D eigenvalue weighted by molar-refractivity contribution is -0.126. The van der Waals surface area contributed by atoms with Crippen molar-refractivity contribution in [2.24, 2.45) is 0 Å². The monoisotopic (exact) mass is 572 g/mol. The largest absolute Gasteiger partial charge is 0.465 e. The van der Waals surface area contributed by atoms with E-state index < -0.39 is 18.0 Å². The number of ether oxygens (including phenoxy) is 1. The highest BCUT2D eigenvalue weighted by atomic mass is 32.1. The quantitative estimate of drug-likeness (QED) is 0.138. The maximum atomic E-state index is 13.1. The maximum Gasteiger partial charge on any atom is 0.408 e. The maximum absolute atomic E-state index is 13.1. The molecule has 212 valence electrons. The molecular weight excluding hydrogens is 540 g/mol. The SMILES string of the molecule is COCCNC(=O)[C@H](Cc1ccc(C(=O)Nc2cc(-c3cccs3)ccc2N)cc1)N(Cc1ccccc1)C(=O)O. The van der Waals surface area contributed by atoms with E-state index in [1.165, 1.54) is 7.11 Å². The van der Waals surface area contributed by atoms with Crippen LogP contribution < -0.4 is 16.4 Å². The Hall–Kier alpha value is -4.67. The van der Waals surface area contributed by atoms with Gasteiger partial charge in [-0.1, -0.05) is 54.6 Å². The van der Waals surface area contributed by atoms with Gasteiger partial charge in [0, 0.05) is 37.1 Å². The summed E-state index contributed by atoms with van der Waals surface area (Å²) in [4.78, 5) is 40.6. The van der Waals surface area contributed by atoms with Gasteiger partial charge in [0.25, 0.3) is 5.91 Å². The van der Waals surface area contributed by atoms with Crippen molar-refractivity contribution in [3.05, 3.63) is 107 Å². The van der Waals surface area contributed by atoms with E-state index in [2.05, 4.69) is 10.6 Å². The van der Waals surface area contributed by atoms with E-state index in [9.17, 15) is 19.5 Å². The third-order valence-electron chi connectivity index (χ3n) is 6.48. The summed E-state index contributed by atoms with van der Waals surface area (Å²) in [5.41, 5.74) is 9.89. The van der Waals surface area contributed by atoms with Crippen molar-refractivity contribution in [1.29, 1.82) is 0 Å². The number of rotatable bonds is 12. The van der Waals surface area contributed by atoms with E-state index in [-0.39, 0.29) is 25.4 Å². The number of nitrogens with one attached hydrogen (secondary N) is 2. The van der Waals surface area contributed by atoms with Gasteiger partial charge in [0.1, 0.15) is 6.04 Å². The molecule has 0 spiro atoms. The molecule has 0 unspecified atom stereocenters. The number of carbonyl (C=O) groups excluding carboxylic acids is 2. The molecule has 41 heavy (non-hydrogen) atoms. The minimum atomic E-state index is -1.21. The second-order valence-corrected chi connectivity index (χ2v) is 10.3. The van der Waals surface area contributed by atoms with E-state index in [0.29, 0.717) is 29.1 Å². The van der Waals surface area contributed by atoms with Crippen molar-refractivity contribution < 1.29 is 24.2 Å². The molecule has 1 atom stereocenters. The number of hydrogen-bond donors (Lipinski definition) is 4. The molecule has 1 aromatic heterocycles. The number of amides is 3. The van der Waals surface area contributed by atoms with Crippen LogP contribution in [-0.2, 0) is 22.5 Å². The fraction of sp³-hybridized carbons (Fsp3) is 0.194. The van der Waals surface area contributed by atoms with Gasteiger partial charge in [0.2, 0.25) is 5.91 Å². The predicted molar refractivity (Wildman–Crippen MR) is 161 cm³/mol. The molecule has 0 radical (unpaired) electrons. The van der Waals surface area contributed by atoms with Crippen LogP contribution in [0.1, 0.15) is 21.5 Å². The van der Waals surface area contributed by atoms with Crippen LogP contribution in [0.4, 0.5) is 16.2 Å². The zero-order valence-corrected chi connectivity index (χ0v) is 23.4. The lowest BCUT2D eigenvalue weighted by atomic mass is 10.0. The molecule has 5 N–H and O–H groups in total. The molecule has 0 fully saturated rings. The summed E-state index contributed by atoms with van der Waals surface area (Å²) in [6.45, 7) is 0.598. The minimum Gasteiger partial charge on any atom is -0.465 e. The highest BCUT2D eigenvalue weighted by Gasteiger charge is 2.30. The number of nitrogen functional groups attached to an aromatic ring is 1. The predicted octanol–water partition coefficient (Wildman–Crippen LogP) is 5.10. The molecule has 0 bridgehead atoms. The Morgan fingerprint density at radius 2 is 1.73 bits per heavy atom. The molecule has 9 nitrogen and oxygen atoms in total. The normalized spacial score (nSPS) is 11.4. The molecule has 0 aliphatic carbocycles. The van der Waals surface area contributed by atoms with Gasteiger partial charge in [-0.3, -0.25) is 14.5 Å². The Balaban J connectivity index is 1.50. The molecule has 4 aromatic rings. The topological polar surface area (TPSA) is 134 Å². The lowest BCUT2D eigenvalue weighted by Crippen LogP contribution is -2.50. The molecule has 3 amide bonds. The first kappa shape index (κ1) is 29.3. The molecule has 1 heterocycles. The zero-order chi connectivity index (χ0) is 29.2. The highest BCUT2D eigenvalue weighted by Crippen LogP contribution is 2.30. The number of nitrogens with zero attached hydrogens (tertiary/aromatic N) is 1. The summed E-state index contributed by atoms with van der Waals surface area (Å²) in [6, 6.07) is 24.3. The van der Waals surface area contributed by atoms with Crippen LogP contribution in [0.5, 0.6) is 0 Å². The van der Waals surface area contributed by atoms with E-state index in [1.54, 1.807) is 41.7 Å². The summed E-state index contributed by atoms with van der Waals surface area (Å²) < 4.78 is 5.01. The molecule has 0 aliphatic rings. The summed E-state index contributed by atoms with van der Waals surface area (Å²) in [5.74, 6) is -0.764. The summed E-state index contributed by atoms with van der Waals surface area (Å²) >= 11 is 1.60. The molecule has 3 aromatic carbocycles. The summed E-state index contributed by atoms with van der Waals surface area (Å²) in [7, 11) is 1.52. The van der Waals surface area contributed by atoms with Crippen LogP contribution in [-0.4, -0.2) is 54.2 Å². The van der Waals surface area contributed by atoms with Gasteiger partial charge < -0.3 is 26.2 Å². The van der Waals surface area contributed by atoms with Crippen LogP contribution in [0.2, 0.25) is 0 Å². The Morgan fingerprint density at radius 1 is 0.976 bits per heavy atom. The smallest absolute Gasteiger partial charge is 0.408 e. The van der Waals surface area contributed by atoms with E-state index in [0.717, 1.165) is 20.9 Å². The van der Waals surface area contributed by atoms with Crippen molar-refractivity contribution in [3.63, 3.8) is 0 Å². The summed E-state index contributed by atoms with van der Waals surface area (Å²) in [5, 5.41) is 17.6. The third-order valence-corrected chi connectivity index (χ3v) is 7.40. The molecule has 10 heteroatoms. The van der Waals surface area contributed by atoms with Crippen molar-refractivity contribution in [1.82, 2.24) is 10.2 Å². The number of thiophene rings is 1. The third kappa shape index (κ3) is 7.93. The number of hydrogen-bond acceptors (Lipinski definition) is 6. The second-order valence-electron chi connectivity index (χ2n) is 9.33. The van der Waals surface area contributed by atoms with E-state index in [1.807, 2.05) is 60.0 Å². The molecule has 0 saturated heterocycles. The van der Waals surface area contributed by atoms with Gasteiger partial charge in [-0.2, -0.15) is 0 Å². The molecule has 4 rings (SSSR count). The number of anilines is 2. The molecule has 0 aliphatic heterocycles. The fourth-order valence-corrected chi connectivity index (χ4v) is 5.02. The van der Waals surface area contributed by atoms with Crippen molar-refractivity contribution >= 4 is 40.6 Å². The van der Waals surface area contributed by atoms with E-state index >= 15 is 0 Å². The van der Waals surface area contributed by atoms with Gasteiger partial charge in [-0.15, -0.1) is 11.3 Å². The van der Waals surface area contributed by atoms with Crippen LogP contribution in [0.15, 0.2) is 90.3 Å².